The lowest BCUT2D eigenvalue weighted by atomic mass is 10.1. The first kappa shape index (κ1) is 23.2. The predicted octanol–water partition coefficient (Wildman–Crippen LogP) is 6.19. The Morgan fingerprint density at radius 3 is 2.58 bits per heavy atom. The normalized spacial score (nSPS) is 11.4. The summed E-state index contributed by atoms with van der Waals surface area (Å²) in [5, 5.41) is 11.4. The van der Waals surface area contributed by atoms with Crippen LogP contribution in [-0.4, -0.2) is 26.4 Å². The number of alkyl halides is 3. The van der Waals surface area contributed by atoms with E-state index in [1.807, 2.05) is 6.07 Å². The van der Waals surface area contributed by atoms with Gasteiger partial charge in [-0.2, -0.15) is 13.2 Å². The predicted molar refractivity (Wildman–Crippen MR) is 116 cm³/mol. The summed E-state index contributed by atoms with van der Waals surface area (Å²) in [6, 6.07) is 10.2. The van der Waals surface area contributed by atoms with E-state index in [4.69, 9.17) is 23.2 Å². The van der Waals surface area contributed by atoms with Crippen molar-refractivity contribution < 1.29 is 18.0 Å². The third-order valence-electron chi connectivity index (χ3n) is 4.00. The number of nitrogens with one attached hydrogen (secondary N) is 1. The number of aromatic nitrogens is 3. The molecule has 0 aliphatic heterocycles. The van der Waals surface area contributed by atoms with Crippen molar-refractivity contribution in [2.75, 3.05) is 11.1 Å². The lowest BCUT2D eigenvalue weighted by Crippen LogP contribution is -2.18. The fourth-order valence-corrected chi connectivity index (χ4v) is 3.82. The summed E-state index contributed by atoms with van der Waals surface area (Å²) in [7, 11) is 0. The molecule has 3 rings (SSSR count). The van der Waals surface area contributed by atoms with E-state index < -0.39 is 17.6 Å². The highest BCUT2D eigenvalue weighted by Gasteiger charge is 2.34. The smallest absolute Gasteiger partial charge is 0.325 e. The van der Waals surface area contributed by atoms with Crippen molar-refractivity contribution in [2.24, 2.45) is 0 Å². The van der Waals surface area contributed by atoms with Gasteiger partial charge in [-0.1, -0.05) is 53.2 Å². The van der Waals surface area contributed by atoms with Crippen LogP contribution in [0.3, 0.4) is 0 Å². The van der Waals surface area contributed by atoms with Crippen LogP contribution < -0.4 is 5.32 Å². The van der Waals surface area contributed by atoms with Crippen molar-refractivity contribution in [1.82, 2.24) is 14.8 Å². The molecule has 11 heteroatoms. The molecule has 1 amide bonds. The summed E-state index contributed by atoms with van der Waals surface area (Å²) in [4.78, 5) is 12.3. The number of hydrogen-bond donors (Lipinski definition) is 1. The van der Waals surface area contributed by atoms with Gasteiger partial charge in [0, 0.05) is 22.2 Å². The molecule has 0 aliphatic carbocycles. The van der Waals surface area contributed by atoms with Gasteiger partial charge in [-0.15, -0.1) is 16.8 Å². The first-order chi connectivity index (χ1) is 14.7. The molecule has 0 aliphatic rings. The highest BCUT2D eigenvalue weighted by atomic mass is 35.5. The minimum Gasteiger partial charge on any atom is -0.325 e. The molecule has 0 unspecified atom stereocenters. The number of halogens is 5. The maximum absolute atomic E-state index is 13.2. The number of allylic oxidation sites excluding steroid dienone is 1. The second kappa shape index (κ2) is 9.76. The molecule has 2 aromatic carbocycles. The third-order valence-corrected chi connectivity index (χ3v) is 5.44. The maximum Gasteiger partial charge on any atom is 0.418 e. The van der Waals surface area contributed by atoms with E-state index in [9.17, 15) is 18.0 Å². The summed E-state index contributed by atoms with van der Waals surface area (Å²) in [6.45, 7) is 4.08. The minimum absolute atomic E-state index is 0.0780. The minimum atomic E-state index is -4.66. The van der Waals surface area contributed by atoms with Gasteiger partial charge in [0.1, 0.15) is 0 Å². The van der Waals surface area contributed by atoms with E-state index in [-0.39, 0.29) is 16.5 Å². The van der Waals surface area contributed by atoms with E-state index in [1.165, 1.54) is 6.07 Å². The van der Waals surface area contributed by atoms with E-state index in [0.717, 1.165) is 29.5 Å². The summed E-state index contributed by atoms with van der Waals surface area (Å²) in [5.41, 5.74) is -0.653. The number of benzene rings is 2. The fraction of sp³-hybridized carbons (Fsp3) is 0.150. The van der Waals surface area contributed by atoms with Gasteiger partial charge in [-0.3, -0.25) is 9.36 Å². The molecule has 1 heterocycles. The molecule has 3 aromatic rings. The topological polar surface area (TPSA) is 59.8 Å². The van der Waals surface area contributed by atoms with Gasteiger partial charge in [-0.05, 0) is 30.3 Å². The zero-order valence-electron chi connectivity index (χ0n) is 15.8. The molecular formula is C20H15Cl2F3N4OS. The number of anilines is 1. The molecule has 0 saturated heterocycles. The quantitative estimate of drug-likeness (QED) is 0.319. The van der Waals surface area contributed by atoms with Gasteiger partial charge < -0.3 is 5.32 Å². The Labute approximate surface area is 190 Å². The molecule has 0 fully saturated rings. The fourth-order valence-electron chi connectivity index (χ4n) is 2.71. The molecule has 162 valence electrons. The number of hydrogen-bond acceptors (Lipinski definition) is 4. The monoisotopic (exact) mass is 486 g/mol. The Morgan fingerprint density at radius 1 is 1.16 bits per heavy atom. The lowest BCUT2D eigenvalue weighted by molar-refractivity contribution is -0.137. The van der Waals surface area contributed by atoms with Gasteiger partial charge in [0.15, 0.2) is 11.0 Å². The van der Waals surface area contributed by atoms with Crippen LogP contribution >= 0.6 is 35.0 Å². The average Bonchev–Trinajstić information content (AvgIpc) is 3.10. The van der Waals surface area contributed by atoms with Gasteiger partial charge >= 0.3 is 6.18 Å². The van der Waals surface area contributed by atoms with E-state index in [2.05, 4.69) is 22.1 Å². The van der Waals surface area contributed by atoms with Crippen LogP contribution in [0.1, 0.15) is 5.56 Å². The van der Waals surface area contributed by atoms with E-state index >= 15 is 0 Å². The highest BCUT2D eigenvalue weighted by molar-refractivity contribution is 7.99. The van der Waals surface area contributed by atoms with Crippen molar-refractivity contribution in [3.05, 3.63) is 70.7 Å². The van der Waals surface area contributed by atoms with Crippen LogP contribution in [0.5, 0.6) is 0 Å². The maximum atomic E-state index is 13.2. The van der Waals surface area contributed by atoms with Crippen LogP contribution in [0.4, 0.5) is 18.9 Å². The summed E-state index contributed by atoms with van der Waals surface area (Å²) >= 11 is 12.7. The highest BCUT2D eigenvalue weighted by Crippen LogP contribution is 2.36. The first-order valence-corrected chi connectivity index (χ1v) is 10.5. The standard InChI is InChI=1S/C20H15Cl2F3N4OS/c1-2-8-29-18(12-4-3-5-13(21)9-12)27-28-19(29)31-11-17(30)26-16-7-6-14(22)10-15(16)20(23,24)25/h2-7,9-10H,1,8,11H2,(H,26,30). The van der Waals surface area contributed by atoms with Crippen molar-refractivity contribution in [1.29, 1.82) is 0 Å². The van der Waals surface area contributed by atoms with Crippen LogP contribution in [0.15, 0.2) is 60.3 Å². The molecule has 1 aromatic heterocycles. The number of rotatable bonds is 7. The van der Waals surface area contributed by atoms with Gasteiger partial charge in [0.2, 0.25) is 5.91 Å². The molecule has 0 saturated carbocycles. The number of carbonyl (C=O) groups is 1. The van der Waals surface area contributed by atoms with Crippen LogP contribution in [0, 0.1) is 0 Å². The van der Waals surface area contributed by atoms with E-state index in [1.54, 1.807) is 28.8 Å². The SMILES string of the molecule is C=CCn1c(SCC(=O)Nc2ccc(Cl)cc2C(F)(F)F)nnc1-c1cccc(Cl)c1. The Bertz CT molecular complexity index is 1120. The molecular weight excluding hydrogens is 472 g/mol. The number of amides is 1. The molecule has 31 heavy (non-hydrogen) atoms. The molecule has 0 bridgehead atoms. The Hall–Kier alpha value is -2.49. The number of thioether (sulfide) groups is 1. The van der Waals surface area contributed by atoms with Gasteiger partial charge in [0.05, 0.1) is 17.0 Å². The summed E-state index contributed by atoms with van der Waals surface area (Å²) in [6.07, 6.45) is -3.01. The van der Waals surface area contributed by atoms with Crippen LogP contribution in [-0.2, 0) is 17.5 Å². The Balaban J connectivity index is 1.76. The zero-order chi connectivity index (χ0) is 22.6. The van der Waals surface area contributed by atoms with Crippen molar-refractivity contribution in [2.45, 2.75) is 17.9 Å². The molecule has 5 nitrogen and oxygen atoms in total. The second-order valence-corrected chi connectivity index (χ2v) is 8.06. The van der Waals surface area contributed by atoms with Crippen LogP contribution in [0.2, 0.25) is 10.0 Å². The number of nitrogens with zero attached hydrogens (tertiary/aromatic N) is 3. The Morgan fingerprint density at radius 2 is 1.90 bits per heavy atom. The molecule has 1 N–H and O–H groups in total. The number of carbonyl (C=O) groups excluding carboxylic acids is 1. The molecule has 0 atom stereocenters. The Kier molecular flexibility index (Phi) is 7.30. The van der Waals surface area contributed by atoms with Crippen LogP contribution in [0.25, 0.3) is 11.4 Å². The van der Waals surface area contributed by atoms with Crippen molar-refractivity contribution in [3.8, 4) is 11.4 Å². The van der Waals surface area contributed by atoms with Gasteiger partial charge in [0.25, 0.3) is 0 Å². The summed E-state index contributed by atoms with van der Waals surface area (Å²) in [5.74, 6) is -0.275. The largest absolute Gasteiger partial charge is 0.418 e. The van der Waals surface area contributed by atoms with Crippen molar-refractivity contribution >= 4 is 46.6 Å². The summed E-state index contributed by atoms with van der Waals surface area (Å²) < 4.78 is 41.3. The van der Waals surface area contributed by atoms with Crippen molar-refractivity contribution in [3.63, 3.8) is 0 Å². The second-order valence-electron chi connectivity index (χ2n) is 6.24. The van der Waals surface area contributed by atoms with E-state index in [0.29, 0.717) is 22.5 Å². The lowest BCUT2D eigenvalue weighted by Gasteiger charge is -2.14. The van der Waals surface area contributed by atoms with Gasteiger partial charge in [-0.25, -0.2) is 0 Å². The zero-order valence-corrected chi connectivity index (χ0v) is 18.1. The molecule has 0 spiro atoms. The molecule has 0 radical (unpaired) electrons. The third kappa shape index (κ3) is 5.81. The first-order valence-electron chi connectivity index (χ1n) is 8.78. The average molecular weight is 487 g/mol.